The molecule has 2 atom stereocenters. The number of ketones is 2. The summed E-state index contributed by atoms with van der Waals surface area (Å²) in [7, 11) is 0. The third-order valence-electron chi connectivity index (χ3n) is 3.93. The van der Waals surface area contributed by atoms with Crippen molar-refractivity contribution in [1.82, 2.24) is 0 Å². The van der Waals surface area contributed by atoms with E-state index in [9.17, 15) is 19.8 Å². The summed E-state index contributed by atoms with van der Waals surface area (Å²) in [5, 5.41) is 22.2. The highest BCUT2D eigenvalue weighted by Crippen LogP contribution is 2.42. The number of Topliss-reactive ketones (excluding diaryl/α,β-unsaturated/α-hetero) is 2. The third kappa shape index (κ3) is 2.26. The van der Waals surface area contributed by atoms with Gasteiger partial charge in [0.25, 0.3) is 0 Å². The molecule has 114 valence electrons. The van der Waals surface area contributed by atoms with Crippen LogP contribution in [0.15, 0.2) is 60.7 Å². The standard InChI is InChI=1S/C18H18O4/c1-13(19)17(21,15-9-5-3-6-10-15)18(22,14(2)20)16-11-7-4-8-12-16/h3-12,21-22H,1-2H3. The first-order chi connectivity index (χ1) is 10.3. The van der Waals surface area contributed by atoms with Gasteiger partial charge in [-0.2, -0.15) is 0 Å². The predicted molar refractivity (Wildman–Crippen MR) is 82.0 cm³/mol. The van der Waals surface area contributed by atoms with Crippen molar-refractivity contribution in [1.29, 1.82) is 0 Å². The van der Waals surface area contributed by atoms with Crippen molar-refractivity contribution in [2.75, 3.05) is 0 Å². The molecular weight excluding hydrogens is 280 g/mol. The lowest BCUT2D eigenvalue weighted by Gasteiger charge is -2.40. The van der Waals surface area contributed by atoms with Gasteiger partial charge in [-0.15, -0.1) is 0 Å². The molecule has 4 heteroatoms. The molecule has 0 radical (unpaired) electrons. The van der Waals surface area contributed by atoms with Gasteiger partial charge >= 0.3 is 0 Å². The lowest BCUT2D eigenvalue weighted by atomic mass is 9.69. The van der Waals surface area contributed by atoms with Crippen molar-refractivity contribution in [2.45, 2.75) is 25.0 Å². The van der Waals surface area contributed by atoms with E-state index in [1.807, 2.05) is 0 Å². The Hall–Kier alpha value is -2.30. The summed E-state index contributed by atoms with van der Waals surface area (Å²) in [6.45, 7) is 2.31. The van der Waals surface area contributed by atoms with Gasteiger partial charge in [0.1, 0.15) is 0 Å². The number of carbonyl (C=O) groups excluding carboxylic acids is 2. The number of benzene rings is 2. The zero-order chi connectivity index (χ0) is 16.4. The van der Waals surface area contributed by atoms with Crippen LogP contribution in [0.2, 0.25) is 0 Å². The SMILES string of the molecule is CC(=O)C(O)(c1ccccc1)C(O)(C(C)=O)c1ccccc1. The molecule has 2 aromatic carbocycles. The van der Waals surface area contributed by atoms with Crippen LogP contribution in [0.25, 0.3) is 0 Å². The fourth-order valence-corrected chi connectivity index (χ4v) is 2.69. The molecule has 0 aliphatic rings. The molecule has 0 aliphatic carbocycles. The number of aliphatic hydroxyl groups is 2. The first-order valence-corrected chi connectivity index (χ1v) is 6.93. The maximum atomic E-state index is 12.2. The average Bonchev–Trinajstić information content (AvgIpc) is 2.54. The van der Waals surface area contributed by atoms with Gasteiger partial charge in [-0.1, -0.05) is 60.7 Å². The van der Waals surface area contributed by atoms with Gasteiger partial charge in [0.15, 0.2) is 22.8 Å². The van der Waals surface area contributed by atoms with Crippen LogP contribution in [0.1, 0.15) is 25.0 Å². The van der Waals surface area contributed by atoms with E-state index >= 15 is 0 Å². The Kier molecular flexibility index (Phi) is 4.26. The summed E-state index contributed by atoms with van der Waals surface area (Å²) in [5.41, 5.74) is -4.38. The van der Waals surface area contributed by atoms with Gasteiger partial charge in [-0.25, -0.2) is 0 Å². The largest absolute Gasteiger partial charge is 0.374 e. The van der Waals surface area contributed by atoms with Crippen LogP contribution < -0.4 is 0 Å². The lowest BCUT2D eigenvalue weighted by Crippen LogP contribution is -2.57. The zero-order valence-corrected chi connectivity index (χ0v) is 12.5. The summed E-state index contributed by atoms with van der Waals surface area (Å²) in [6.07, 6.45) is 0. The number of carbonyl (C=O) groups is 2. The van der Waals surface area contributed by atoms with E-state index in [1.165, 1.54) is 24.3 Å². The molecule has 4 nitrogen and oxygen atoms in total. The Morgan fingerprint density at radius 3 is 1.18 bits per heavy atom. The maximum absolute atomic E-state index is 12.2. The number of hydrogen-bond acceptors (Lipinski definition) is 4. The molecule has 2 unspecified atom stereocenters. The quantitative estimate of drug-likeness (QED) is 0.884. The second-order valence-electron chi connectivity index (χ2n) is 5.27. The smallest absolute Gasteiger partial charge is 0.188 e. The summed E-state index contributed by atoms with van der Waals surface area (Å²) in [6, 6.07) is 16.0. The minimum absolute atomic E-state index is 0.170. The van der Waals surface area contributed by atoms with E-state index in [4.69, 9.17) is 0 Å². The summed E-state index contributed by atoms with van der Waals surface area (Å²) in [5.74, 6) is -1.42. The summed E-state index contributed by atoms with van der Waals surface area (Å²) in [4.78, 5) is 24.5. The van der Waals surface area contributed by atoms with Crippen LogP contribution in [0, 0.1) is 0 Å². The van der Waals surface area contributed by atoms with Crippen LogP contribution in [0.4, 0.5) is 0 Å². The number of hydrogen-bond donors (Lipinski definition) is 2. The zero-order valence-electron chi connectivity index (χ0n) is 12.5. The molecule has 0 saturated carbocycles. The topological polar surface area (TPSA) is 74.6 Å². The van der Waals surface area contributed by atoms with Crippen molar-refractivity contribution >= 4 is 11.6 Å². The molecule has 0 spiro atoms. The molecule has 0 aromatic heterocycles. The van der Waals surface area contributed by atoms with Crippen LogP contribution >= 0.6 is 0 Å². The van der Waals surface area contributed by atoms with Crippen molar-refractivity contribution in [2.24, 2.45) is 0 Å². The van der Waals surface area contributed by atoms with Gasteiger partial charge in [-0.05, 0) is 25.0 Å². The molecule has 0 aliphatic heterocycles. The molecule has 0 fully saturated rings. The van der Waals surface area contributed by atoms with Crippen molar-refractivity contribution in [3.8, 4) is 0 Å². The van der Waals surface area contributed by atoms with Gasteiger partial charge in [0.2, 0.25) is 0 Å². The molecule has 0 amide bonds. The van der Waals surface area contributed by atoms with Crippen molar-refractivity contribution in [3.05, 3.63) is 71.8 Å². The van der Waals surface area contributed by atoms with E-state index < -0.39 is 22.8 Å². The first-order valence-electron chi connectivity index (χ1n) is 6.93. The van der Waals surface area contributed by atoms with E-state index in [1.54, 1.807) is 36.4 Å². The van der Waals surface area contributed by atoms with Gasteiger partial charge in [0.05, 0.1) is 0 Å². The normalized spacial score (nSPS) is 16.4. The van der Waals surface area contributed by atoms with Crippen LogP contribution in [-0.2, 0) is 20.8 Å². The average molecular weight is 298 g/mol. The van der Waals surface area contributed by atoms with Crippen LogP contribution in [0.3, 0.4) is 0 Å². The molecular formula is C18H18O4. The highest BCUT2D eigenvalue weighted by molar-refractivity contribution is 5.98. The van der Waals surface area contributed by atoms with Crippen LogP contribution in [-0.4, -0.2) is 21.8 Å². The lowest BCUT2D eigenvalue weighted by molar-refractivity contribution is -0.186. The Balaban J connectivity index is 2.78. The highest BCUT2D eigenvalue weighted by Gasteiger charge is 2.58. The Morgan fingerprint density at radius 1 is 0.682 bits per heavy atom. The van der Waals surface area contributed by atoms with E-state index in [0.717, 1.165) is 13.8 Å². The van der Waals surface area contributed by atoms with Gasteiger partial charge < -0.3 is 10.2 Å². The molecule has 2 aromatic rings. The second kappa shape index (κ2) is 5.83. The molecule has 0 heterocycles. The second-order valence-corrected chi connectivity index (χ2v) is 5.27. The molecule has 2 rings (SSSR count). The predicted octanol–water partition coefficient (Wildman–Crippen LogP) is 1.94. The molecule has 0 saturated heterocycles. The van der Waals surface area contributed by atoms with E-state index in [0.29, 0.717) is 0 Å². The fraction of sp³-hybridized carbons (Fsp3) is 0.222. The maximum Gasteiger partial charge on any atom is 0.188 e. The molecule has 22 heavy (non-hydrogen) atoms. The van der Waals surface area contributed by atoms with E-state index in [-0.39, 0.29) is 11.1 Å². The highest BCUT2D eigenvalue weighted by atomic mass is 16.4. The number of rotatable bonds is 5. The van der Waals surface area contributed by atoms with Gasteiger partial charge in [0, 0.05) is 0 Å². The molecule has 0 bridgehead atoms. The van der Waals surface area contributed by atoms with Crippen LogP contribution in [0.5, 0.6) is 0 Å². The Bertz CT molecular complexity index is 619. The van der Waals surface area contributed by atoms with Crippen molar-refractivity contribution < 1.29 is 19.8 Å². The van der Waals surface area contributed by atoms with E-state index in [2.05, 4.69) is 0 Å². The molecule has 2 N–H and O–H groups in total. The minimum Gasteiger partial charge on any atom is -0.374 e. The monoisotopic (exact) mass is 298 g/mol. The summed E-state index contributed by atoms with van der Waals surface area (Å²) >= 11 is 0. The first kappa shape index (κ1) is 16.1. The minimum atomic E-state index is -2.36. The fourth-order valence-electron chi connectivity index (χ4n) is 2.69. The van der Waals surface area contributed by atoms with Gasteiger partial charge in [-0.3, -0.25) is 9.59 Å². The third-order valence-corrected chi connectivity index (χ3v) is 3.93. The Morgan fingerprint density at radius 2 is 0.955 bits per heavy atom. The Labute approximate surface area is 129 Å². The van der Waals surface area contributed by atoms with Crippen molar-refractivity contribution in [3.63, 3.8) is 0 Å². The summed E-state index contributed by atoms with van der Waals surface area (Å²) < 4.78 is 0.